The van der Waals surface area contributed by atoms with Gasteiger partial charge in [-0.25, -0.2) is 0 Å². The minimum absolute atomic E-state index is 0.171. The number of benzene rings is 1. The third-order valence-corrected chi connectivity index (χ3v) is 4.18. The van der Waals surface area contributed by atoms with E-state index in [1.54, 1.807) is 0 Å². The number of aryl methyl sites for hydroxylation is 1. The van der Waals surface area contributed by atoms with Crippen LogP contribution in [0.5, 0.6) is 0 Å². The minimum atomic E-state index is 0.171. The molecule has 1 aliphatic carbocycles. The van der Waals surface area contributed by atoms with E-state index >= 15 is 0 Å². The van der Waals surface area contributed by atoms with E-state index in [9.17, 15) is 0 Å². The molecule has 0 bridgehead atoms. The number of fused-ring (bicyclic) bond motifs is 1. The van der Waals surface area contributed by atoms with E-state index in [0.29, 0.717) is 0 Å². The molecule has 0 radical (unpaired) electrons. The predicted molar refractivity (Wildman–Crippen MR) is 75.4 cm³/mol. The molecule has 0 saturated heterocycles. The second kappa shape index (κ2) is 4.99. The van der Waals surface area contributed by atoms with Crippen LogP contribution >= 0.6 is 23.2 Å². The molecule has 3 rings (SSSR count). The van der Waals surface area contributed by atoms with Crippen molar-refractivity contribution in [2.45, 2.75) is 31.1 Å². The third kappa shape index (κ3) is 2.17. The normalized spacial score (nSPS) is 19.3. The van der Waals surface area contributed by atoms with Crippen molar-refractivity contribution in [3.05, 3.63) is 46.7 Å². The molecular formula is C15H14Cl2O. The highest BCUT2D eigenvalue weighted by Crippen LogP contribution is 2.39. The van der Waals surface area contributed by atoms with E-state index in [-0.39, 0.29) is 5.38 Å². The Labute approximate surface area is 117 Å². The SMILES string of the molecule is Clc1c(-c2ccccc2)oc2c1CC(Cl)CCC2. The zero-order valence-corrected chi connectivity index (χ0v) is 11.5. The van der Waals surface area contributed by atoms with Crippen LogP contribution in [0.2, 0.25) is 5.02 Å². The fourth-order valence-corrected chi connectivity index (χ4v) is 3.12. The lowest BCUT2D eigenvalue weighted by atomic mass is 10.1. The van der Waals surface area contributed by atoms with Gasteiger partial charge in [0.05, 0.1) is 5.02 Å². The van der Waals surface area contributed by atoms with Gasteiger partial charge in [-0.1, -0.05) is 41.9 Å². The molecule has 3 heteroatoms. The minimum Gasteiger partial charge on any atom is -0.459 e. The van der Waals surface area contributed by atoms with Crippen molar-refractivity contribution in [1.82, 2.24) is 0 Å². The highest BCUT2D eigenvalue weighted by molar-refractivity contribution is 6.34. The maximum absolute atomic E-state index is 6.46. The van der Waals surface area contributed by atoms with Crippen LogP contribution < -0.4 is 0 Å². The molecule has 0 fully saturated rings. The van der Waals surface area contributed by atoms with Crippen molar-refractivity contribution in [3.63, 3.8) is 0 Å². The summed E-state index contributed by atoms with van der Waals surface area (Å²) in [5, 5.41) is 0.911. The largest absolute Gasteiger partial charge is 0.459 e. The molecule has 1 unspecified atom stereocenters. The fourth-order valence-electron chi connectivity index (χ4n) is 2.48. The van der Waals surface area contributed by atoms with Crippen LogP contribution in [0.15, 0.2) is 34.7 Å². The average Bonchev–Trinajstić information content (AvgIpc) is 2.58. The summed E-state index contributed by atoms with van der Waals surface area (Å²) in [6.07, 6.45) is 3.85. The lowest BCUT2D eigenvalue weighted by Crippen LogP contribution is -2.00. The topological polar surface area (TPSA) is 13.1 Å². The Morgan fingerprint density at radius 2 is 1.94 bits per heavy atom. The molecule has 1 aliphatic rings. The highest BCUT2D eigenvalue weighted by atomic mass is 35.5. The lowest BCUT2D eigenvalue weighted by molar-refractivity contribution is 0.513. The molecule has 1 heterocycles. The van der Waals surface area contributed by atoms with Gasteiger partial charge in [0, 0.05) is 22.9 Å². The van der Waals surface area contributed by atoms with Gasteiger partial charge in [0.15, 0.2) is 5.76 Å². The highest BCUT2D eigenvalue weighted by Gasteiger charge is 2.24. The summed E-state index contributed by atoms with van der Waals surface area (Å²) in [6.45, 7) is 0. The number of rotatable bonds is 1. The maximum Gasteiger partial charge on any atom is 0.153 e. The summed E-state index contributed by atoms with van der Waals surface area (Å²) in [6, 6.07) is 10.00. The zero-order chi connectivity index (χ0) is 12.5. The average molecular weight is 281 g/mol. The molecular weight excluding hydrogens is 267 g/mol. The first-order valence-corrected chi connectivity index (χ1v) is 7.06. The first kappa shape index (κ1) is 12.1. The smallest absolute Gasteiger partial charge is 0.153 e. The monoisotopic (exact) mass is 280 g/mol. The van der Waals surface area contributed by atoms with Crippen molar-refractivity contribution in [2.75, 3.05) is 0 Å². The van der Waals surface area contributed by atoms with E-state index in [0.717, 1.165) is 53.4 Å². The van der Waals surface area contributed by atoms with E-state index in [4.69, 9.17) is 27.6 Å². The van der Waals surface area contributed by atoms with Crippen LogP contribution in [0.3, 0.4) is 0 Å². The first-order chi connectivity index (χ1) is 8.75. The van der Waals surface area contributed by atoms with E-state index in [1.807, 2.05) is 30.3 Å². The molecule has 18 heavy (non-hydrogen) atoms. The number of alkyl halides is 1. The molecule has 1 aromatic heterocycles. The molecule has 1 nitrogen and oxygen atoms in total. The maximum atomic E-state index is 6.46. The number of hydrogen-bond acceptors (Lipinski definition) is 1. The van der Waals surface area contributed by atoms with Crippen LogP contribution in [0.25, 0.3) is 11.3 Å². The Morgan fingerprint density at radius 3 is 2.72 bits per heavy atom. The molecule has 0 saturated carbocycles. The summed E-state index contributed by atoms with van der Waals surface area (Å²) >= 11 is 12.7. The second-order valence-corrected chi connectivity index (χ2v) is 5.70. The molecule has 0 aliphatic heterocycles. The Balaban J connectivity index is 2.06. The van der Waals surface area contributed by atoms with E-state index < -0.39 is 0 Å². The van der Waals surface area contributed by atoms with Gasteiger partial charge in [-0.15, -0.1) is 11.6 Å². The standard InChI is InChI=1S/C15H14Cl2O/c16-11-7-4-8-13-12(9-11)14(17)15(18-13)10-5-2-1-3-6-10/h1-3,5-6,11H,4,7-9H2. The molecule has 94 valence electrons. The van der Waals surface area contributed by atoms with Gasteiger partial charge in [0.1, 0.15) is 5.76 Å². The van der Waals surface area contributed by atoms with Crippen LogP contribution in [-0.4, -0.2) is 5.38 Å². The van der Waals surface area contributed by atoms with Crippen molar-refractivity contribution in [2.24, 2.45) is 0 Å². The Kier molecular flexibility index (Phi) is 3.36. The van der Waals surface area contributed by atoms with Gasteiger partial charge < -0.3 is 4.42 Å². The zero-order valence-electron chi connectivity index (χ0n) is 9.96. The molecule has 1 atom stereocenters. The van der Waals surface area contributed by atoms with Crippen molar-refractivity contribution in [1.29, 1.82) is 0 Å². The van der Waals surface area contributed by atoms with Gasteiger partial charge in [-0.3, -0.25) is 0 Å². The van der Waals surface area contributed by atoms with Crippen molar-refractivity contribution in [3.8, 4) is 11.3 Å². The van der Waals surface area contributed by atoms with E-state index in [1.165, 1.54) is 0 Å². The van der Waals surface area contributed by atoms with Gasteiger partial charge in [-0.2, -0.15) is 0 Å². The Bertz CT molecular complexity index is 545. The van der Waals surface area contributed by atoms with Gasteiger partial charge in [0.25, 0.3) is 0 Å². The molecule has 2 aromatic rings. The molecule has 0 amide bonds. The van der Waals surface area contributed by atoms with Gasteiger partial charge in [-0.05, 0) is 19.3 Å². The second-order valence-electron chi connectivity index (χ2n) is 4.71. The van der Waals surface area contributed by atoms with Gasteiger partial charge in [0.2, 0.25) is 0 Å². The fraction of sp³-hybridized carbons (Fsp3) is 0.333. The van der Waals surface area contributed by atoms with Gasteiger partial charge >= 0.3 is 0 Å². The Hall–Kier alpha value is -0.920. The summed E-state index contributed by atoms with van der Waals surface area (Å²) in [7, 11) is 0. The van der Waals surface area contributed by atoms with E-state index in [2.05, 4.69) is 0 Å². The van der Waals surface area contributed by atoms with Crippen LogP contribution in [0.4, 0.5) is 0 Å². The molecule has 0 N–H and O–H groups in total. The van der Waals surface area contributed by atoms with Crippen LogP contribution in [-0.2, 0) is 12.8 Å². The summed E-state index contributed by atoms with van der Waals surface area (Å²) in [5.74, 6) is 1.80. The molecule has 1 aromatic carbocycles. The first-order valence-electron chi connectivity index (χ1n) is 6.25. The molecule has 0 spiro atoms. The summed E-state index contributed by atoms with van der Waals surface area (Å²) in [5.41, 5.74) is 2.13. The third-order valence-electron chi connectivity index (χ3n) is 3.41. The number of furan rings is 1. The van der Waals surface area contributed by atoms with Crippen LogP contribution in [0.1, 0.15) is 24.2 Å². The quantitative estimate of drug-likeness (QED) is 0.524. The van der Waals surface area contributed by atoms with Crippen molar-refractivity contribution < 1.29 is 4.42 Å². The van der Waals surface area contributed by atoms with Crippen molar-refractivity contribution >= 4 is 23.2 Å². The Morgan fingerprint density at radius 1 is 1.17 bits per heavy atom. The lowest BCUT2D eigenvalue weighted by Gasteiger charge is -2.04. The predicted octanol–water partition coefficient (Wildman–Crippen LogP) is 5.09. The summed E-state index contributed by atoms with van der Waals surface area (Å²) < 4.78 is 5.96. The van der Waals surface area contributed by atoms with Crippen LogP contribution in [0, 0.1) is 0 Å². The number of hydrogen-bond donors (Lipinski definition) is 0. The summed E-state index contributed by atoms with van der Waals surface area (Å²) in [4.78, 5) is 0. The number of halogens is 2.